The Kier molecular flexibility index (Phi) is 10.6. The van der Waals surface area contributed by atoms with E-state index >= 15 is 0 Å². The van der Waals surface area contributed by atoms with Gasteiger partial charge in [0.05, 0.1) is 16.6 Å². The fourth-order valence-electron chi connectivity index (χ4n) is 7.75. The predicted molar refractivity (Wildman–Crippen MR) is 179 cm³/mol. The molecule has 260 valence electrons. The minimum Gasteiger partial charge on any atom is -0.490 e. The van der Waals surface area contributed by atoms with Crippen LogP contribution in [0.2, 0.25) is 0 Å². The summed E-state index contributed by atoms with van der Waals surface area (Å²) in [6.45, 7) is 13.3. The van der Waals surface area contributed by atoms with E-state index in [-0.39, 0.29) is 23.5 Å². The number of primary sulfonamides is 1. The summed E-state index contributed by atoms with van der Waals surface area (Å²) >= 11 is 0. The summed E-state index contributed by atoms with van der Waals surface area (Å²) in [5, 5.41) is 10.6. The third-order valence-corrected chi connectivity index (χ3v) is 11.4. The number of hydrogen-bond acceptors (Lipinski definition) is 6. The summed E-state index contributed by atoms with van der Waals surface area (Å²) in [6.07, 6.45) is 1.13. The minimum atomic E-state index is -4.64. The van der Waals surface area contributed by atoms with Crippen LogP contribution < -0.4 is 19.6 Å². The zero-order valence-electron chi connectivity index (χ0n) is 28.3. The number of nitrogens with zero attached hydrogens (tertiary/aromatic N) is 2. The van der Waals surface area contributed by atoms with Gasteiger partial charge >= 0.3 is 6.18 Å². The van der Waals surface area contributed by atoms with Crippen molar-refractivity contribution < 1.29 is 31.1 Å². The molecule has 2 aliphatic carbocycles. The monoisotopic (exact) mass is 677 g/mol. The minimum absolute atomic E-state index is 0.0380. The van der Waals surface area contributed by atoms with Gasteiger partial charge < -0.3 is 9.47 Å². The Balaban J connectivity index is 1.56. The van der Waals surface area contributed by atoms with Crippen LogP contribution in [0.25, 0.3) is 0 Å². The van der Waals surface area contributed by atoms with Gasteiger partial charge in [-0.2, -0.15) is 18.3 Å². The zero-order valence-corrected chi connectivity index (χ0v) is 29.2. The standard InChI is InChI=1S/C36H50F3N3O4S/c1-21(2)28-14-7-23(5)17-32(28)45-26-11-16-30(34(19-26)46-33-18-24(6)8-15-29(33)22(3)4)31-20-35(36(37,38)39)41-42(31)25-9-12-27(13-10-25)47(40,43)44/h9-13,16,19,21-24,28-29,31-33H,7-8,14-15,17-18,20H2,1-6H3,(H2,40,43,44). The number of nitrogens with two attached hydrogens (primary N) is 1. The average molecular weight is 678 g/mol. The number of halogens is 3. The Morgan fingerprint density at radius 3 is 1.91 bits per heavy atom. The maximum absolute atomic E-state index is 14.2. The van der Waals surface area contributed by atoms with E-state index in [0.717, 1.165) is 32.1 Å². The molecule has 7 atom stereocenters. The van der Waals surface area contributed by atoms with Crippen LogP contribution in [0.15, 0.2) is 52.5 Å². The quantitative estimate of drug-likeness (QED) is 0.286. The maximum atomic E-state index is 14.2. The summed E-state index contributed by atoms with van der Waals surface area (Å²) < 4.78 is 79.9. The molecule has 2 aromatic carbocycles. The van der Waals surface area contributed by atoms with E-state index in [1.165, 1.54) is 35.7 Å². The first-order chi connectivity index (χ1) is 22.0. The molecule has 7 unspecified atom stereocenters. The van der Waals surface area contributed by atoms with Crippen molar-refractivity contribution in [2.45, 2.75) is 116 Å². The molecular weight excluding hydrogens is 627 g/mol. The van der Waals surface area contributed by atoms with Crippen LogP contribution in [0.5, 0.6) is 11.5 Å². The van der Waals surface area contributed by atoms with Crippen LogP contribution in [0.1, 0.15) is 98.1 Å². The number of rotatable bonds is 9. The molecule has 5 rings (SSSR count). The smallest absolute Gasteiger partial charge is 0.431 e. The summed E-state index contributed by atoms with van der Waals surface area (Å²) in [6, 6.07) is 10.1. The molecule has 11 heteroatoms. The molecule has 0 amide bonds. The molecule has 0 spiro atoms. The molecule has 2 saturated carbocycles. The lowest BCUT2D eigenvalue weighted by molar-refractivity contribution is -0.0600. The summed E-state index contributed by atoms with van der Waals surface area (Å²) in [5.41, 5.74) is -0.0177. The molecular formula is C36H50F3N3O4S. The highest BCUT2D eigenvalue weighted by Crippen LogP contribution is 2.46. The molecule has 0 aromatic heterocycles. The highest BCUT2D eigenvalue weighted by molar-refractivity contribution is 7.89. The number of alkyl halides is 3. The highest BCUT2D eigenvalue weighted by Gasteiger charge is 2.45. The largest absolute Gasteiger partial charge is 0.490 e. The van der Waals surface area contributed by atoms with E-state index in [0.29, 0.717) is 58.3 Å². The normalized spacial score (nSPS) is 28.9. The number of hydrogen-bond donors (Lipinski definition) is 1. The fourth-order valence-corrected chi connectivity index (χ4v) is 8.27. The molecule has 0 bridgehead atoms. The van der Waals surface area contributed by atoms with Gasteiger partial charge in [-0.1, -0.05) is 54.4 Å². The van der Waals surface area contributed by atoms with Crippen molar-refractivity contribution in [1.82, 2.24) is 0 Å². The lowest BCUT2D eigenvalue weighted by Crippen LogP contribution is -2.37. The number of benzene rings is 2. The van der Waals surface area contributed by atoms with Gasteiger partial charge in [-0.25, -0.2) is 13.6 Å². The summed E-state index contributed by atoms with van der Waals surface area (Å²) in [5.74, 6) is 3.73. The van der Waals surface area contributed by atoms with Crippen molar-refractivity contribution in [3.8, 4) is 11.5 Å². The lowest BCUT2D eigenvalue weighted by atomic mass is 9.75. The predicted octanol–water partition coefficient (Wildman–Crippen LogP) is 8.88. The van der Waals surface area contributed by atoms with Crippen molar-refractivity contribution in [1.29, 1.82) is 0 Å². The van der Waals surface area contributed by atoms with Crippen molar-refractivity contribution in [2.24, 2.45) is 45.7 Å². The van der Waals surface area contributed by atoms with Gasteiger partial charge in [-0.05, 0) is 97.6 Å². The van der Waals surface area contributed by atoms with E-state index in [9.17, 15) is 21.6 Å². The average Bonchev–Trinajstić information content (AvgIpc) is 3.43. The number of anilines is 1. The SMILES string of the molecule is CC1CCC(C(C)C)C(Oc2ccc(C3CC(C(F)(F)F)=NN3c3ccc(S(N)(=O)=O)cc3)c(OC3CC(C)CCC3C(C)C)c2)C1. The molecule has 0 saturated heterocycles. The third-order valence-electron chi connectivity index (χ3n) is 10.5. The maximum Gasteiger partial charge on any atom is 0.431 e. The second-order valence-electron chi connectivity index (χ2n) is 14.8. The van der Waals surface area contributed by atoms with E-state index in [1.807, 2.05) is 18.2 Å². The molecule has 2 aromatic rings. The van der Waals surface area contributed by atoms with Gasteiger partial charge in [-0.15, -0.1) is 0 Å². The second-order valence-corrected chi connectivity index (χ2v) is 16.4. The Morgan fingerprint density at radius 2 is 1.40 bits per heavy atom. The molecule has 2 fully saturated rings. The molecule has 3 aliphatic rings. The summed E-state index contributed by atoms with van der Waals surface area (Å²) in [4.78, 5) is -0.134. The Bertz CT molecular complexity index is 1530. The van der Waals surface area contributed by atoms with E-state index in [4.69, 9.17) is 14.6 Å². The van der Waals surface area contributed by atoms with Crippen molar-refractivity contribution in [2.75, 3.05) is 5.01 Å². The van der Waals surface area contributed by atoms with Gasteiger partial charge in [0.2, 0.25) is 10.0 Å². The van der Waals surface area contributed by atoms with Crippen LogP contribution >= 0.6 is 0 Å². The molecule has 2 N–H and O–H groups in total. The van der Waals surface area contributed by atoms with Crippen LogP contribution in [0.3, 0.4) is 0 Å². The van der Waals surface area contributed by atoms with Gasteiger partial charge in [0.1, 0.15) is 29.4 Å². The first-order valence-corrected chi connectivity index (χ1v) is 18.6. The Labute approximate surface area is 278 Å². The topological polar surface area (TPSA) is 94.2 Å². The molecule has 7 nitrogen and oxygen atoms in total. The van der Waals surface area contributed by atoms with Gasteiger partial charge in [0.15, 0.2) is 0 Å². The summed E-state index contributed by atoms with van der Waals surface area (Å²) in [7, 11) is -3.98. The van der Waals surface area contributed by atoms with Crippen LogP contribution in [0.4, 0.5) is 18.9 Å². The number of sulfonamides is 1. The van der Waals surface area contributed by atoms with Crippen LogP contribution in [0, 0.1) is 35.5 Å². The fraction of sp³-hybridized carbons (Fsp3) is 0.639. The Hall–Kier alpha value is -2.79. The van der Waals surface area contributed by atoms with Gasteiger partial charge in [0, 0.05) is 18.1 Å². The van der Waals surface area contributed by atoms with E-state index in [2.05, 4.69) is 46.6 Å². The van der Waals surface area contributed by atoms with Gasteiger partial charge in [0.25, 0.3) is 0 Å². The molecule has 0 radical (unpaired) electrons. The number of hydrazone groups is 1. The first-order valence-electron chi connectivity index (χ1n) is 17.0. The van der Waals surface area contributed by atoms with Crippen molar-refractivity contribution in [3.63, 3.8) is 0 Å². The second kappa shape index (κ2) is 14.0. The van der Waals surface area contributed by atoms with E-state index in [1.54, 1.807) is 0 Å². The van der Waals surface area contributed by atoms with Crippen LogP contribution in [-0.4, -0.2) is 32.5 Å². The molecule has 1 aliphatic heterocycles. The van der Waals surface area contributed by atoms with Crippen LogP contribution in [-0.2, 0) is 10.0 Å². The molecule has 1 heterocycles. The van der Waals surface area contributed by atoms with Gasteiger partial charge in [-0.3, -0.25) is 5.01 Å². The zero-order chi connectivity index (χ0) is 34.3. The highest BCUT2D eigenvalue weighted by atomic mass is 32.2. The lowest BCUT2D eigenvalue weighted by Gasteiger charge is -2.39. The van der Waals surface area contributed by atoms with E-state index < -0.39 is 28.0 Å². The van der Waals surface area contributed by atoms with Crippen molar-refractivity contribution in [3.05, 3.63) is 48.0 Å². The Morgan fingerprint density at radius 1 is 0.851 bits per heavy atom. The first kappa shape index (κ1) is 35.5. The third kappa shape index (κ3) is 8.27. The number of ether oxygens (including phenoxy) is 2. The molecule has 47 heavy (non-hydrogen) atoms. The van der Waals surface area contributed by atoms with Crippen molar-refractivity contribution >= 4 is 21.4 Å².